The lowest BCUT2D eigenvalue weighted by Gasteiger charge is -2.20. The molecule has 0 fully saturated rings. The van der Waals surface area contributed by atoms with E-state index in [1.807, 2.05) is 41.9 Å². The van der Waals surface area contributed by atoms with Crippen molar-refractivity contribution in [3.63, 3.8) is 0 Å². The molecule has 0 spiro atoms. The fourth-order valence-corrected chi connectivity index (χ4v) is 4.65. The molecule has 34 heavy (non-hydrogen) atoms. The van der Waals surface area contributed by atoms with E-state index in [4.69, 9.17) is 4.74 Å². The quantitative estimate of drug-likeness (QED) is 0.473. The Hall–Kier alpha value is -3.52. The predicted octanol–water partition coefficient (Wildman–Crippen LogP) is 4.48. The van der Waals surface area contributed by atoms with E-state index in [2.05, 4.69) is 9.97 Å². The van der Waals surface area contributed by atoms with Crippen molar-refractivity contribution in [1.29, 1.82) is 0 Å². The van der Waals surface area contributed by atoms with E-state index >= 15 is 0 Å². The van der Waals surface area contributed by atoms with Crippen LogP contribution in [-0.2, 0) is 12.1 Å². The first kappa shape index (κ1) is 22.3. The fraction of sp³-hybridized carbons (Fsp3) is 0.346. The second-order valence-electron chi connectivity index (χ2n) is 9.37. The number of alkyl halides is 1. The Bertz CT molecular complexity index is 1430. The highest BCUT2D eigenvalue weighted by Crippen LogP contribution is 2.38. The second-order valence-corrected chi connectivity index (χ2v) is 9.37. The number of aryl methyl sites for hydroxylation is 1. The number of rotatable bonds is 5. The summed E-state index contributed by atoms with van der Waals surface area (Å²) in [5.41, 5.74) is 3.15. The van der Waals surface area contributed by atoms with Crippen LogP contribution in [0.15, 0.2) is 53.6 Å². The van der Waals surface area contributed by atoms with Gasteiger partial charge in [0.25, 0.3) is 5.56 Å². The third-order valence-electron chi connectivity index (χ3n) is 6.23. The number of hydrogen-bond acceptors (Lipinski definition) is 5. The molecule has 7 nitrogen and oxygen atoms in total. The Morgan fingerprint density at radius 1 is 1.15 bits per heavy atom. The maximum Gasteiger partial charge on any atom is 0.274 e. The molecule has 1 N–H and O–H groups in total. The van der Waals surface area contributed by atoms with Gasteiger partial charge in [-0.3, -0.25) is 9.48 Å². The summed E-state index contributed by atoms with van der Waals surface area (Å²) < 4.78 is 23.0. The number of halogens is 1. The molecular formula is C26H27FN4O3. The van der Waals surface area contributed by atoms with Gasteiger partial charge >= 0.3 is 0 Å². The maximum absolute atomic E-state index is 13.7. The van der Waals surface area contributed by atoms with Crippen LogP contribution in [0, 0.1) is 6.92 Å². The number of aliphatic hydroxyl groups is 1. The molecule has 2 atom stereocenters. The molecular weight excluding hydrogens is 435 g/mol. The van der Waals surface area contributed by atoms with Gasteiger partial charge in [-0.05, 0) is 51.0 Å². The summed E-state index contributed by atoms with van der Waals surface area (Å²) in [6.45, 7) is 7.18. The normalized spacial score (nSPS) is 16.6. The van der Waals surface area contributed by atoms with Crippen molar-refractivity contribution in [3.8, 4) is 16.9 Å². The number of ether oxygens (including phenoxy) is 1. The number of hydrogen-bond donors (Lipinski definition) is 1. The smallest absolute Gasteiger partial charge is 0.274 e. The van der Waals surface area contributed by atoms with Gasteiger partial charge in [0, 0.05) is 37.0 Å². The van der Waals surface area contributed by atoms with Crippen molar-refractivity contribution in [2.45, 2.75) is 58.7 Å². The largest absolute Gasteiger partial charge is 0.460 e. The van der Waals surface area contributed by atoms with Gasteiger partial charge in [0.05, 0.1) is 16.9 Å². The first-order valence-electron chi connectivity index (χ1n) is 11.3. The molecule has 0 aliphatic carbocycles. The van der Waals surface area contributed by atoms with Crippen molar-refractivity contribution in [2.24, 2.45) is 0 Å². The summed E-state index contributed by atoms with van der Waals surface area (Å²) >= 11 is 0. The topological polar surface area (TPSA) is 82.2 Å². The number of fused-ring (bicyclic) bond motifs is 3. The lowest BCUT2D eigenvalue weighted by Crippen LogP contribution is -2.19. The predicted molar refractivity (Wildman–Crippen MR) is 128 cm³/mol. The van der Waals surface area contributed by atoms with Gasteiger partial charge in [-0.25, -0.2) is 19.0 Å². The molecule has 3 heterocycles. The first-order chi connectivity index (χ1) is 16.1. The zero-order chi connectivity index (χ0) is 24.2. The van der Waals surface area contributed by atoms with Crippen molar-refractivity contribution >= 4 is 10.9 Å². The average molecular weight is 463 g/mol. The standard InChI is InChI=1S/C26H27FN4O3/c1-15-5-8-23(34-16(2)27)20(11-15)21-9-10-30-24(32)19-7-6-17(12-22(19)31(21)30)18-13-28-25(29-14-18)26(3,4)33/h5-8,11-14,16,21,33H,9-10H2,1-4H3/t16?,21-/m0/s1. The van der Waals surface area contributed by atoms with E-state index in [1.165, 1.54) is 6.92 Å². The third kappa shape index (κ3) is 3.77. The lowest BCUT2D eigenvalue weighted by atomic mass is 10.0. The zero-order valence-corrected chi connectivity index (χ0v) is 19.6. The Morgan fingerprint density at radius 2 is 1.88 bits per heavy atom. The van der Waals surface area contributed by atoms with Gasteiger partial charge in [0.1, 0.15) is 11.4 Å². The molecule has 1 aliphatic heterocycles. The molecule has 0 saturated heterocycles. The van der Waals surface area contributed by atoms with Crippen molar-refractivity contribution in [1.82, 2.24) is 19.3 Å². The third-order valence-corrected chi connectivity index (χ3v) is 6.23. The highest BCUT2D eigenvalue weighted by Gasteiger charge is 2.30. The van der Waals surface area contributed by atoms with E-state index in [9.17, 15) is 14.3 Å². The minimum atomic E-state index is -1.44. The molecule has 0 radical (unpaired) electrons. The summed E-state index contributed by atoms with van der Waals surface area (Å²) in [5, 5.41) is 10.8. The van der Waals surface area contributed by atoms with Gasteiger partial charge < -0.3 is 9.84 Å². The molecule has 2 aromatic carbocycles. The van der Waals surface area contributed by atoms with E-state index in [1.54, 1.807) is 37.0 Å². The van der Waals surface area contributed by atoms with Crippen LogP contribution >= 0.6 is 0 Å². The number of benzene rings is 2. The van der Waals surface area contributed by atoms with Crippen LogP contribution in [0.1, 0.15) is 50.2 Å². The zero-order valence-electron chi connectivity index (χ0n) is 19.6. The molecule has 5 rings (SSSR count). The van der Waals surface area contributed by atoms with Crippen LogP contribution in [0.25, 0.3) is 22.0 Å². The van der Waals surface area contributed by atoms with Crippen molar-refractivity contribution in [3.05, 3.63) is 76.1 Å². The minimum absolute atomic E-state index is 0.0494. The Kier molecular flexibility index (Phi) is 5.28. The van der Waals surface area contributed by atoms with Gasteiger partial charge in [-0.2, -0.15) is 0 Å². The molecule has 2 aromatic heterocycles. The SMILES string of the molecule is Cc1ccc(OC(C)F)c([C@@H]2CCn3c(=O)c4ccc(-c5cnc(C(C)(C)O)nc5)cc4n32)c1. The minimum Gasteiger partial charge on any atom is -0.460 e. The van der Waals surface area contributed by atoms with E-state index < -0.39 is 12.0 Å². The molecule has 1 unspecified atom stereocenters. The average Bonchev–Trinajstić information content (AvgIpc) is 3.34. The van der Waals surface area contributed by atoms with Crippen LogP contribution in [0.4, 0.5) is 4.39 Å². The molecule has 8 heteroatoms. The second kappa shape index (κ2) is 8.06. The van der Waals surface area contributed by atoms with Crippen LogP contribution in [0.3, 0.4) is 0 Å². The Morgan fingerprint density at radius 3 is 2.56 bits per heavy atom. The summed E-state index contributed by atoms with van der Waals surface area (Å²) in [6, 6.07) is 11.2. The highest BCUT2D eigenvalue weighted by atomic mass is 19.1. The van der Waals surface area contributed by atoms with Gasteiger partial charge in [0.2, 0.25) is 6.36 Å². The van der Waals surface area contributed by atoms with E-state index in [-0.39, 0.29) is 11.6 Å². The van der Waals surface area contributed by atoms with Crippen molar-refractivity contribution < 1.29 is 14.2 Å². The highest BCUT2D eigenvalue weighted by molar-refractivity contribution is 5.84. The van der Waals surface area contributed by atoms with Gasteiger partial charge in [-0.15, -0.1) is 0 Å². The molecule has 0 saturated carbocycles. The maximum atomic E-state index is 13.7. The van der Waals surface area contributed by atoms with E-state index in [0.29, 0.717) is 29.9 Å². The molecule has 0 bridgehead atoms. The Balaban J connectivity index is 1.63. The van der Waals surface area contributed by atoms with Crippen LogP contribution in [-0.4, -0.2) is 30.8 Å². The molecule has 176 valence electrons. The number of nitrogens with zero attached hydrogens (tertiary/aromatic N) is 4. The summed E-state index contributed by atoms with van der Waals surface area (Å²) in [6.07, 6.45) is 2.62. The monoisotopic (exact) mass is 462 g/mol. The van der Waals surface area contributed by atoms with Crippen molar-refractivity contribution in [2.75, 3.05) is 0 Å². The summed E-state index contributed by atoms with van der Waals surface area (Å²) in [7, 11) is 0. The van der Waals surface area contributed by atoms with Crippen LogP contribution in [0.5, 0.6) is 5.75 Å². The van der Waals surface area contributed by atoms with Gasteiger partial charge in [-0.1, -0.05) is 23.8 Å². The molecule has 0 amide bonds. The molecule has 4 aromatic rings. The fourth-order valence-electron chi connectivity index (χ4n) is 4.65. The van der Waals surface area contributed by atoms with Crippen LogP contribution in [0.2, 0.25) is 0 Å². The van der Waals surface area contributed by atoms with Gasteiger partial charge in [0.15, 0.2) is 5.82 Å². The Labute approximate surface area is 196 Å². The first-order valence-corrected chi connectivity index (χ1v) is 11.3. The van der Waals surface area contributed by atoms with E-state index in [0.717, 1.165) is 27.8 Å². The summed E-state index contributed by atoms with van der Waals surface area (Å²) in [5.74, 6) is 0.826. The van der Waals surface area contributed by atoms with Crippen LogP contribution < -0.4 is 10.3 Å². The molecule has 1 aliphatic rings. The summed E-state index contributed by atoms with van der Waals surface area (Å²) in [4.78, 5) is 21.7. The lowest BCUT2D eigenvalue weighted by molar-refractivity contribution is 0.0687. The number of aromatic nitrogens is 4.